The van der Waals surface area contributed by atoms with Crippen molar-refractivity contribution < 1.29 is 0 Å². The molecule has 0 radical (unpaired) electrons. The third kappa shape index (κ3) is 3.54. The van der Waals surface area contributed by atoms with Gasteiger partial charge < -0.3 is 10.7 Å². The average molecular weight is 347 g/mol. The number of aryl methyl sites for hydroxylation is 1. The second-order valence-electron chi connectivity index (χ2n) is 6.79. The number of nitrogens with one attached hydrogen (secondary N) is 1. The summed E-state index contributed by atoms with van der Waals surface area (Å²) in [6.07, 6.45) is 9.53. The van der Waals surface area contributed by atoms with E-state index in [-0.39, 0.29) is 0 Å². The van der Waals surface area contributed by atoms with Crippen LogP contribution in [0.3, 0.4) is 0 Å². The SMILES string of the molecule is NCC=CCN(Cc1nc2ccccc2[nH]1)[C@H]1CCCc2cccnc21. The molecule has 4 rings (SSSR count). The van der Waals surface area contributed by atoms with Crippen LogP contribution in [0, 0.1) is 0 Å². The van der Waals surface area contributed by atoms with Crippen molar-refractivity contribution in [2.45, 2.75) is 31.8 Å². The molecule has 134 valence electrons. The lowest BCUT2D eigenvalue weighted by atomic mass is 9.90. The summed E-state index contributed by atoms with van der Waals surface area (Å²) in [5.41, 5.74) is 10.3. The molecule has 1 aliphatic carbocycles. The van der Waals surface area contributed by atoms with Crippen molar-refractivity contribution in [3.05, 3.63) is 71.8 Å². The maximum Gasteiger partial charge on any atom is 0.121 e. The van der Waals surface area contributed by atoms with Gasteiger partial charge in [0.25, 0.3) is 0 Å². The van der Waals surface area contributed by atoms with Crippen LogP contribution in [-0.2, 0) is 13.0 Å². The van der Waals surface area contributed by atoms with Gasteiger partial charge in [-0.05, 0) is 43.0 Å². The Hall–Kier alpha value is -2.50. The minimum absolute atomic E-state index is 0.315. The number of aromatic nitrogens is 3. The average Bonchev–Trinajstić information content (AvgIpc) is 3.09. The topological polar surface area (TPSA) is 70.8 Å². The number of rotatable bonds is 6. The maximum absolute atomic E-state index is 5.64. The lowest BCUT2D eigenvalue weighted by Gasteiger charge is -2.33. The van der Waals surface area contributed by atoms with E-state index in [1.54, 1.807) is 0 Å². The van der Waals surface area contributed by atoms with Gasteiger partial charge in [-0.15, -0.1) is 0 Å². The zero-order valence-electron chi connectivity index (χ0n) is 14.9. The first kappa shape index (κ1) is 16.9. The molecule has 1 atom stereocenters. The third-order valence-electron chi connectivity index (χ3n) is 5.04. The first-order chi connectivity index (χ1) is 12.8. The number of hydrogen-bond donors (Lipinski definition) is 2. The fraction of sp³-hybridized carbons (Fsp3) is 0.333. The quantitative estimate of drug-likeness (QED) is 0.671. The Labute approximate surface area is 154 Å². The fourth-order valence-corrected chi connectivity index (χ4v) is 3.82. The molecule has 3 N–H and O–H groups in total. The highest BCUT2D eigenvalue weighted by Crippen LogP contribution is 2.33. The van der Waals surface area contributed by atoms with Crippen molar-refractivity contribution in [3.63, 3.8) is 0 Å². The largest absolute Gasteiger partial charge is 0.341 e. The van der Waals surface area contributed by atoms with Crippen molar-refractivity contribution >= 4 is 11.0 Å². The zero-order chi connectivity index (χ0) is 17.8. The van der Waals surface area contributed by atoms with Gasteiger partial charge in [0.15, 0.2) is 0 Å². The van der Waals surface area contributed by atoms with Crippen LogP contribution in [0.15, 0.2) is 54.7 Å². The van der Waals surface area contributed by atoms with Crippen LogP contribution in [0.25, 0.3) is 11.0 Å². The van der Waals surface area contributed by atoms with Crippen LogP contribution >= 0.6 is 0 Å². The monoisotopic (exact) mass is 347 g/mol. The highest BCUT2D eigenvalue weighted by molar-refractivity contribution is 5.74. The molecule has 26 heavy (non-hydrogen) atoms. The van der Waals surface area contributed by atoms with Crippen LogP contribution in [0.1, 0.15) is 36.0 Å². The molecule has 2 aromatic heterocycles. The van der Waals surface area contributed by atoms with Gasteiger partial charge in [-0.3, -0.25) is 9.88 Å². The Balaban J connectivity index is 1.63. The summed E-state index contributed by atoms with van der Waals surface area (Å²) >= 11 is 0. The van der Waals surface area contributed by atoms with Crippen molar-refractivity contribution in [1.82, 2.24) is 19.9 Å². The molecule has 0 saturated heterocycles. The summed E-state index contributed by atoms with van der Waals surface area (Å²) in [5.74, 6) is 0.996. The van der Waals surface area contributed by atoms with Gasteiger partial charge in [0, 0.05) is 19.3 Å². The summed E-state index contributed by atoms with van der Waals surface area (Å²) in [6.45, 7) is 2.18. The number of nitrogens with two attached hydrogens (primary N) is 1. The predicted molar refractivity (Wildman–Crippen MR) is 105 cm³/mol. The van der Waals surface area contributed by atoms with Crippen molar-refractivity contribution in [1.29, 1.82) is 0 Å². The lowest BCUT2D eigenvalue weighted by molar-refractivity contribution is 0.181. The molecule has 0 bridgehead atoms. The second kappa shape index (κ2) is 7.81. The number of fused-ring (bicyclic) bond motifs is 2. The van der Waals surface area contributed by atoms with E-state index in [0.29, 0.717) is 12.6 Å². The van der Waals surface area contributed by atoms with Crippen molar-refractivity contribution in [2.24, 2.45) is 5.73 Å². The van der Waals surface area contributed by atoms with Crippen LogP contribution in [0.2, 0.25) is 0 Å². The summed E-state index contributed by atoms with van der Waals surface area (Å²) in [4.78, 5) is 15.4. The molecule has 0 amide bonds. The Morgan fingerprint density at radius 2 is 2.12 bits per heavy atom. The van der Waals surface area contributed by atoms with Crippen LogP contribution < -0.4 is 5.73 Å². The maximum atomic E-state index is 5.64. The van der Waals surface area contributed by atoms with Gasteiger partial charge in [-0.25, -0.2) is 4.98 Å². The standard InChI is InChI=1S/C21H25N5/c22-12-3-4-14-26(15-20-24-17-9-1-2-10-18(17)25-20)19-11-5-7-16-8-6-13-23-21(16)19/h1-4,6,8-10,13,19H,5,7,11-12,14-15,22H2,(H,24,25)/t19-/m0/s1. The second-order valence-corrected chi connectivity index (χ2v) is 6.79. The molecule has 1 aromatic carbocycles. The number of pyridine rings is 1. The van der Waals surface area contributed by atoms with Crippen molar-refractivity contribution in [3.8, 4) is 0 Å². The van der Waals surface area contributed by atoms with E-state index < -0.39 is 0 Å². The summed E-state index contributed by atoms with van der Waals surface area (Å²) in [7, 11) is 0. The summed E-state index contributed by atoms with van der Waals surface area (Å²) < 4.78 is 0. The molecule has 0 spiro atoms. The number of aromatic amines is 1. The lowest BCUT2D eigenvalue weighted by Crippen LogP contribution is -2.32. The molecule has 3 aromatic rings. The number of imidazole rings is 1. The number of H-pyrrole nitrogens is 1. The molecular weight excluding hydrogens is 322 g/mol. The molecule has 0 saturated carbocycles. The summed E-state index contributed by atoms with van der Waals surface area (Å²) in [6, 6.07) is 12.7. The van der Waals surface area contributed by atoms with E-state index in [9.17, 15) is 0 Å². The molecule has 5 nitrogen and oxygen atoms in total. The predicted octanol–water partition coefficient (Wildman–Crippen LogP) is 3.35. The minimum atomic E-state index is 0.315. The van der Waals surface area contributed by atoms with E-state index in [0.717, 1.165) is 42.8 Å². The fourth-order valence-electron chi connectivity index (χ4n) is 3.82. The Morgan fingerprint density at radius 3 is 3.00 bits per heavy atom. The molecule has 0 aliphatic heterocycles. The Morgan fingerprint density at radius 1 is 1.19 bits per heavy atom. The normalized spacial score (nSPS) is 17.2. The number of para-hydroxylation sites is 2. The van der Waals surface area contributed by atoms with E-state index >= 15 is 0 Å². The van der Waals surface area contributed by atoms with E-state index in [1.165, 1.54) is 17.7 Å². The van der Waals surface area contributed by atoms with Gasteiger partial charge in [0.1, 0.15) is 5.82 Å². The Kier molecular flexibility index (Phi) is 5.09. The van der Waals surface area contributed by atoms with Gasteiger partial charge >= 0.3 is 0 Å². The van der Waals surface area contributed by atoms with Gasteiger partial charge in [-0.2, -0.15) is 0 Å². The molecule has 0 fully saturated rings. The number of benzene rings is 1. The highest BCUT2D eigenvalue weighted by Gasteiger charge is 2.27. The number of nitrogens with zero attached hydrogens (tertiary/aromatic N) is 3. The highest BCUT2D eigenvalue weighted by atomic mass is 15.2. The van der Waals surface area contributed by atoms with Gasteiger partial charge in [0.05, 0.1) is 29.3 Å². The Bertz CT molecular complexity index is 865. The van der Waals surface area contributed by atoms with Crippen molar-refractivity contribution in [2.75, 3.05) is 13.1 Å². The van der Waals surface area contributed by atoms with E-state index in [1.807, 2.05) is 36.5 Å². The first-order valence-corrected chi connectivity index (χ1v) is 9.31. The number of hydrogen-bond acceptors (Lipinski definition) is 4. The van der Waals surface area contributed by atoms with E-state index in [2.05, 4.69) is 28.1 Å². The zero-order valence-corrected chi connectivity index (χ0v) is 14.9. The molecule has 0 unspecified atom stereocenters. The smallest absolute Gasteiger partial charge is 0.121 e. The molecular formula is C21H25N5. The van der Waals surface area contributed by atoms with Crippen LogP contribution in [-0.4, -0.2) is 32.9 Å². The molecule has 5 heteroatoms. The first-order valence-electron chi connectivity index (χ1n) is 9.31. The van der Waals surface area contributed by atoms with Gasteiger partial charge in [-0.1, -0.05) is 30.4 Å². The minimum Gasteiger partial charge on any atom is -0.341 e. The van der Waals surface area contributed by atoms with Crippen LogP contribution in [0.4, 0.5) is 0 Å². The molecule has 2 heterocycles. The summed E-state index contributed by atoms with van der Waals surface area (Å²) in [5, 5.41) is 0. The molecule has 1 aliphatic rings. The van der Waals surface area contributed by atoms with Gasteiger partial charge in [0.2, 0.25) is 0 Å². The van der Waals surface area contributed by atoms with Crippen LogP contribution in [0.5, 0.6) is 0 Å². The third-order valence-corrected chi connectivity index (χ3v) is 5.04. The van der Waals surface area contributed by atoms with E-state index in [4.69, 9.17) is 15.7 Å².